The van der Waals surface area contributed by atoms with Crippen molar-refractivity contribution in [2.24, 2.45) is 5.73 Å². The third-order valence-corrected chi connectivity index (χ3v) is 3.06. The van der Waals surface area contributed by atoms with E-state index < -0.39 is 0 Å². The van der Waals surface area contributed by atoms with Gasteiger partial charge < -0.3 is 10.5 Å². The molecule has 3 heteroatoms. The number of terminal acetylenes is 1. The van der Waals surface area contributed by atoms with Crippen molar-refractivity contribution in [3.63, 3.8) is 0 Å². The maximum Gasteiger partial charge on any atom is 0.143 e. The summed E-state index contributed by atoms with van der Waals surface area (Å²) in [7, 11) is 0. The van der Waals surface area contributed by atoms with Gasteiger partial charge in [0.25, 0.3) is 0 Å². The number of halogens is 1. The Morgan fingerprint density at radius 1 is 1.67 bits per heavy atom. The molecule has 0 aliphatic carbocycles. The molecule has 0 radical (unpaired) electrons. The summed E-state index contributed by atoms with van der Waals surface area (Å²) >= 11 is 0.0189. The Balaban J connectivity index is 2.47. The zero-order valence-corrected chi connectivity index (χ0v) is 8.74. The van der Waals surface area contributed by atoms with Crippen molar-refractivity contribution in [3.8, 4) is 12.3 Å². The summed E-state index contributed by atoms with van der Waals surface area (Å²) in [5.41, 5.74) is 6.44. The Hall–Kier alpha value is -0.760. The highest BCUT2D eigenvalue weighted by molar-refractivity contribution is 14.2. The third-order valence-electron chi connectivity index (χ3n) is 1.26. The second-order valence-corrected chi connectivity index (χ2v) is 4.21. The predicted molar refractivity (Wildman–Crippen MR) is 59.8 cm³/mol. The van der Waals surface area contributed by atoms with Crippen molar-refractivity contribution in [3.05, 3.63) is 21.6 Å². The first-order valence-electron chi connectivity index (χ1n) is 3.52. The second kappa shape index (κ2) is 4.99. The van der Waals surface area contributed by atoms with Crippen LogP contribution in [0.4, 0.5) is 0 Å². The van der Waals surface area contributed by atoms with Gasteiger partial charge in [0, 0.05) is 6.42 Å². The molecule has 0 saturated carbocycles. The SMILES string of the molecule is C#CCCOC1=C(N)C=IC=C1. The molecule has 0 unspecified atom stereocenters. The minimum Gasteiger partial charge on any atom is -0.490 e. The first-order chi connectivity index (χ1) is 5.84. The number of ether oxygens (including phenoxy) is 1. The summed E-state index contributed by atoms with van der Waals surface area (Å²) < 4.78 is 9.49. The van der Waals surface area contributed by atoms with Crippen molar-refractivity contribution in [1.82, 2.24) is 0 Å². The maximum atomic E-state index is 5.68. The fourth-order valence-electron chi connectivity index (χ4n) is 0.699. The molecule has 0 bridgehead atoms. The third kappa shape index (κ3) is 2.70. The largest absolute Gasteiger partial charge is 0.490 e. The van der Waals surface area contributed by atoms with Crippen LogP contribution in [0.25, 0.3) is 0 Å². The summed E-state index contributed by atoms with van der Waals surface area (Å²) in [6.07, 6.45) is 7.64. The smallest absolute Gasteiger partial charge is 0.143 e. The number of rotatable bonds is 3. The Labute approximate surface area is 82.2 Å². The zero-order valence-electron chi connectivity index (χ0n) is 6.59. The summed E-state index contributed by atoms with van der Waals surface area (Å²) in [6, 6.07) is 0. The molecule has 1 rings (SSSR count). The lowest BCUT2D eigenvalue weighted by atomic mass is 10.4. The van der Waals surface area contributed by atoms with Crippen LogP contribution in [0.15, 0.2) is 21.6 Å². The molecule has 0 atom stereocenters. The molecular weight excluding hydrogens is 265 g/mol. The molecule has 1 aliphatic rings. The zero-order chi connectivity index (χ0) is 8.81. The van der Waals surface area contributed by atoms with Crippen molar-refractivity contribution in [2.45, 2.75) is 6.42 Å². The molecule has 0 aromatic carbocycles. The molecule has 64 valence electrons. The molecule has 12 heavy (non-hydrogen) atoms. The van der Waals surface area contributed by atoms with Gasteiger partial charge in [-0.1, -0.05) is 20.7 Å². The normalized spacial score (nSPS) is 15.2. The lowest BCUT2D eigenvalue weighted by Gasteiger charge is -2.08. The average Bonchev–Trinajstić information content (AvgIpc) is 2.09. The highest BCUT2D eigenvalue weighted by Gasteiger charge is 2.00. The number of allylic oxidation sites excluding steroid dienone is 2. The topological polar surface area (TPSA) is 35.2 Å². The van der Waals surface area contributed by atoms with Crippen LogP contribution >= 0.6 is 20.7 Å². The van der Waals surface area contributed by atoms with E-state index in [2.05, 4.69) is 10.0 Å². The van der Waals surface area contributed by atoms with Crippen molar-refractivity contribution in [2.75, 3.05) is 6.61 Å². The van der Waals surface area contributed by atoms with E-state index in [9.17, 15) is 0 Å². The van der Waals surface area contributed by atoms with Gasteiger partial charge in [-0.3, -0.25) is 0 Å². The maximum absolute atomic E-state index is 5.68. The van der Waals surface area contributed by atoms with Crippen LogP contribution in [0.3, 0.4) is 0 Å². The molecule has 1 heterocycles. The highest BCUT2D eigenvalue weighted by Crippen LogP contribution is 2.14. The van der Waals surface area contributed by atoms with Gasteiger partial charge in [-0.15, -0.1) is 12.3 Å². The average molecular weight is 275 g/mol. The molecule has 0 spiro atoms. The summed E-state index contributed by atoms with van der Waals surface area (Å²) in [5.74, 6) is 3.27. The highest BCUT2D eigenvalue weighted by atomic mass is 127. The van der Waals surface area contributed by atoms with Gasteiger partial charge in [0.05, 0.1) is 12.3 Å². The molecule has 0 aromatic heterocycles. The van der Waals surface area contributed by atoms with Crippen molar-refractivity contribution in [1.29, 1.82) is 0 Å². The molecule has 0 saturated heterocycles. The Morgan fingerprint density at radius 3 is 3.17 bits per heavy atom. The van der Waals surface area contributed by atoms with E-state index in [1.807, 2.05) is 10.1 Å². The van der Waals surface area contributed by atoms with E-state index in [0.717, 1.165) is 11.5 Å². The predicted octanol–water partition coefficient (Wildman–Crippen LogP) is 1.50. The van der Waals surface area contributed by atoms with E-state index in [1.54, 1.807) is 0 Å². The Morgan fingerprint density at radius 2 is 2.50 bits per heavy atom. The molecular formula is C9H10INO. The van der Waals surface area contributed by atoms with Gasteiger partial charge in [0.1, 0.15) is 5.76 Å². The van der Waals surface area contributed by atoms with Crippen LogP contribution < -0.4 is 5.73 Å². The van der Waals surface area contributed by atoms with E-state index in [4.69, 9.17) is 16.9 Å². The summed E-state index contributed by atoms with van der Waals surface area (Å²) in [6.45, 7) is 0.545. The molecule has 0 amide bonds. The van der Waals surface area contributed by atoms with Crippen LogP contribution in [-0.2, 0) is 4.74 Å². The van der Waals surface area contributed by atoms with Gasteiger partial charge in [-0.05, 0) is 14.2 Å². The molecule has 1 aliphatic heterocycles. The number of hydrogen-bond donors (Lipinski definition) is 1. The fraction of sp³-hybridized carbons (Fsp3) is 0.222. The van der Waals surface area contributed by atoms with E-state index >= 15 is 0 Å². The minimum atomic E-state index is 0.0189. The summed E-state index contributed by atoms with van der Waals surface area (Å²) in [4.78, 5) is 0. The van der Waals surface area contributed by atoms with Gasteiger partial charge in [0.15, 0.2) is 0 Å². The van der Waals surface area contributed by atoms with Crippen LogP contribution in [0, 0.1) is 12.3 Å². The van der Waals surface area contributed by atoms with Crippen LogP contribution in [0.1, 0.15) is 6.42 Å². The van der Waals surface area contributed by atoms with Crippen LogP contribution in [0.5, 0.6) is 0 Å². The minimum absolute atomic E-state index is 0.0189. The van der Waals surface area contributed by atoms with Crippen LogP contribution in [-0.4, -0.2) is 10.6 Å². The van der Waals surface area contributed by atoms with Crippen molar-refractivity contribution >= 4 is 24.7 Å². The van der Waals surface area contributed by atoms with Crippen LogP contribution in [0.2, 0.25) is 0 Å². The fourth-order valence-corrected chi connectivity index (χ4v) is 2.14. The molecule has 2 nitrogen and oxygen atoms in total. The van der Waals surface area contributed by atoms with Gasteiger partial charge in [-0.2, -0.15) is 0 Å². The second-order valence-electron chi connectivity index (χ2n) is 2.15. The number of nitrogens with two attached hydrogens (primary N) is 1. The molecule has 2 N–H and O–H groups in total. The standard InChI is InChI=1S/C9H10INO/c1-2-3-6-12-9-4-5-10-7-8(9)11/h1,4-5,7H,3,6,11H2. The van der Waals surface area contributed by atoms with E-state index in [0.29, 0.717) is 13.0 Å². The first-order valence-corrected chi connectivity index (χ1v) is 6.01. The van der Waals surface area contributed by atoms with Gasteiger partial charge >= 0.3 is 0 Å². The molecule has 0 fully saturated rings. The summed E-state index contributed by atoms with van der Waals surface area (Å²) in [5, 5.41) is 0. The first kappa shape index (κ1) is 9.33. The Bertz CT molecular complexity index is 283. The monoisotopic (exact) mass is 275 g/mol. The number of hydrogen-bond acceptors (Lipinski definition) is 2. The van der Waals surface area contributed by atoms with Gasteiger partial charge in [-0.25, -0.2) is 0 Å². The molecule has 0 aromatic rings. The van der Waals surface area contributed by atoms with E-state index in [1.165, 1.54) is 0 Å². The quantitative estimate of drug-likeness (QED) is 0.481. The van der Waals surface area contributed by atoms with Crippen molar-refractivity contribution < 1.29 is 4.74 Å². The van der Waals surface area contributed by atoms with Gasteiger partial charge in [0.2, 0.25) is 0 Å². The van der Waals surface area contributed by atoms with E-state index in [-0.39, 0.29) is 20.7 Å². The lowest BCUT2D eigenvalue weighted by Crippen LogP contribution is -2.06. The Kier molecular flexibility index (Phi) is 3.88. The lowest BCUT2D eigenvalue weighted by molar-refractivity contribution is 0.230.